The molecule has 0 bridgehead atoms. The summed E-state index contributed by atoms with van der Waals surface area (Å²) in [6, 6.07) is 12.0. The van der Waals surface area contributed by atoms with Crippen molar-refractivity contribution in [2.75, 3.05) is 61.2 Å². The van der Waals surface area contributed by atoms with E-state index in [1.165, 1.54) is 49.9 Å². The molecule has 0 spiro atoms. The van der Waals surface area contributed by atoms with E-state index in [2.05, 4.69) is 137 Å². The Balaban J connectivity index is 1.31. The minimum Gasteiger partial charge on any atom is -0.290 e. The second kappa shape index (κ2) is 26.8. The van der Waals surface area contributed by atoms with Gasteiger partial charge in [-0.25, -0.2) is 0 Å². The Morgan fingerprint density at radius 3 is 1.08 bits per heavy atom. The second-order valence-corrected chi connectivity index (χ2v) is 28.8. The van der Waals surface area contributed by atoms with Gasteiger partial charge in [0.2, 0.25) is 0 Å². The molecular formula is C50H90N4O6S6. The highest BCUT2D eigenvalue weighted by Gasteiger charge is 2.40. The maximum Gasteiger partial charge on any atom is 0.264 e. The topological polar surface area (TPSA) is 122 Å². The molecule has 0 aromatic heterocycles. The van der Waals surface area contributed by atoms with Crippen LogP contribution in [0.5, 0.6) is 0 Å². The molecule has 0 amide bonds. The fourth-order valence-electron chi connectivity index (χ4n) is 12.0. The van der Waals surface area contributed by atoms with Gasteiger partial charge in [-0.3, -0.25) is 28.7 Å². The molecule has 14 atom stereocenters. The Morgan fingerprint density at radius 2 is 0.788 bits per heavy atom. The summed E-state index contributed by atoms with van der Waals surface area (Å²) < 4.78 is 64.2. The van der Waals surface area contributed by atoms with Crippen molar-refractivity contribution >= 4 is 67.3 Å². The summed E-state index contributed by atoms with van der Waals surface area (Å²) >= 11 is 8.37. The number of hydrogen-bond acceptors (Lipinski definition) is 12. The Labute approximate surface area is 420 Å². The maximum atomic E-state index is 11.4. The minimum absolute atomic E-state index is 0.174. The quantitative estimate of drug-likeness (QED) is 0.0775. The van der Waals surface area contributed by atoms with Crippen molar-refractivity contribution in [3.63, 3.8) is 0 Å². The SMILES string of the molecule is CCCN1CSC(C(C)CC(CCC(C)C2SCN(CCCS(=O)(=O)O)C2C)c2ccc(C(CCC(C)C3SCN(CCCS(=O)(=O)O)C3C)CC(C)C3SCN(CCC)C3C)cc2)C1C. The van der Waals surface area contributed by atoms with E-state index in [4.69, 9.17) is 0 Å². The number of thioether (sulfide) groups is 4. The van der Waals surface area contributed by atoms with Gasteiger partial charge < -0.3 is 0 Å². The lowest BCUT2D eigenvalue weighted by Crippen LogP contribution is -2.36. The van der Waals surface area contributed by atoms with Crippen molar-refractivity contribution in [2.24, 2.45) is 23.7 Å². The number of rotatable bonds is 28. The van der Waals surface area contributed by atoms with E-state index in [-0.39, 0.29) is 11.5 Å². The van der Waals surface area contributed by atoms with Gasteiger partial charge in [-0.15, -0.1) is 47.0 Å². The summed E-state index contributed by atoms with van der Waals surface area (Å²) in [6.45, 7) is 27.7. The third-order valence-electron chi connectivity index (χ3n) is 16.0. The lowest BCUT2D eigenvalue weighted by molar-refractivity contribution is 0.230. The molecule has 14 unspecified atom stereocenters. The molecule has 1 aromatic carbocycles. The minimum atomic E-state index is -3.94. The van der Waals surface area contributed by atoms with Crippen molar-refractivity contribution < 1.29 is 25.9 Å². The molecule has 1 aromatic rings. The zero-order chi connectivity index (χ0) is 48.3. The van der Waals surface area contributed by atoms with Crippen LogP contribution in [0.2, 0.25) is 0 Å². The average molecular weight is 1040 g/mol. The Hall–Kier alpha value is 0.280. The van der Waals surface area contributed by atoms with Crippen LogP contribution < -0.4 is 0 Å². The van der Waals surface area contributed by atoms with Crippen molar-refractivity contribution in [2.45, 2.75) is 190 Å². The first kappa shape index (κ1) is 57.2. The highest BCUT2D eigenvalue weighted by Crippen LogP contribution is 2.45. The van der Waals surface area contributed by atoms with Gasteiger partial charge in [0, 0.05) is 81.8 Å². The molecular weight excluding hydrogens is 945 g/mol. The number of benzene rings is 1. The molecule has 382 valence electrons. The number of nitrogens with zero attached hydrogens (tertiary/aromatic N) is 4. The third kappa shape index (κ3) is 16.7. The van der Waals surface area contributed by atoms with Gasteiger partial charge in [-0.1, -0.05) is 65.8 Å². The molecule has 2 N–H and O–H groups in total. The monoisotopic (exact) mass is 1030 g/mol. The van der Waals surface area contributed by atoms with Crippen LogP contribution in [-0.4, -0.2) is 152 Å². The molecule has 5 rings (SSSR count). The summed E-state index contributed by atoms with van der Waals surface area (Å²) in [7, 11) is -7.87. The first-order valence-corrected chi connectivity index (χ1v) is 33.0. The third-order valence-corrected chi connectivity index (χ3v) is 24.5. The summed E-state index contributed by atoms with van der Waals surface area (Å²) in [5.74, 6) is 7.01. The highest BCUT2D eigenvalue weighted by atomic mass is 32.2. The molecule has 4 saturated heterocycles. The second-order valence-electron chi connectivity index (χ2n) is 21.1. The molecule has 0 aliphatic carbocycles. The Morgan fingerprint density at radius 1 is 0.500 bits per heavy atom. The molecule has 0 radical (unpaired) electrons. The Bertz CT molecular complexity index is 1680. The van der Waals surface area contributed by atoms with E-state index in [9.17, 15) is 25.9 Å². The van der Waals surface area contributed by atoms with Crippen LogP contribution in [-0.2, 0) is 20.2 Å². The summed E-state index contributed by atoms with van der Waals surface area (Å²) in [6.07, 6.45) is 10.3. The van der Waals surface area contributed by atoms with Gasteiger partial charge in [0.05, 0.1) is 11.5 Å². The van der Waals surface area contributed by atoms with Gasteiger partial charge in [0.1, 0.15) is 0 Å². The first-order chi connectivity index (χ1) is 31.2. The molecule has 66 heavy (non-hydrogen) atoms. The molecule has 16 heteroatoms. The van der Waals surface area contributed by atoms with Crippen molar-refractivity contribution in [3.05, 3.63) is 35.4 Å². The fourth-order valence-corrected chi connectivity index (χ4v) is 19.5. The standard InChI is InChI=1S/C50H90N4O6S6/c1-11-23-51-31-63-49(41(51)9)37(5)29-45(17-15-35(3)47-39(7)53(33-61-47)25-13-27-65(55,56)57)43-19-21-44(22-20-43)46(30-38(6)50-42(10)52(24-12-2)32-64-50)18-16-36(4)48-40(8)54(34-62-48)26-14-28-66(58,59)60/h19-22,35-42,45-50H,11-18,23-34H2,1-10H3,(H,55,56,57)(H,58,59,60). The smallest absolute Gasteiger partial charge is 0.264 e. The molecule has 4 heterocycles. The molecule has 10 nitrogen and oxygen atoms in total. The maximum absolute atomic E-state index is 11.4. The highest BCUT2D eigenvalue weighted by molar-refractivity contribution is 8.00. The fraction of sp³-hybridized carbons (Fsp3) is 0.880. The number of hydrogen-bond donors (Lipinski definition) is 2. The van der Waals surface area contributed by atoms with E-state index >= 15 is 0 Å². The van der Waals surface area contributed by atoms with Gasteiger partial charge in [0.25, 0.3) is 20.2 Å². The van der Waals surface area contributed by atoms with Gasteiger partial charge in [-0.05, 0) is 152 Å². The summed E-state index contributed by atoms with van der Waals surface area (Å²) in [5, 5.41) is 2.28. The molecule has 0 saturated carbocycles. The van der Waals surface area contributed by atoms with Crippen LogP contribution in [0.1, 0.15) is 156 Å². The molecule has 4 aliphatic rings. The first-order valence-electron chi connectivity index (χ1n) is 25.6. The van der Waals surface area contributed by atoms with Crippen LogP contribution in [0.15, 0.2) is 24.3 Å². The summed E-state index contributed by atoms with van der Waals surface area (Å²) in [5.41, 5.74) is 2.97. The van der Waals surface area contributed by atoms with E-state index < -0.39 is 20.2 Å². The predicted octanol–water partition coefficient (Wildman–Crippen LogP) is 11.2. The van der Waals surface area contributed by atoms with Crippen molar-refractivity contribution in [3.8, 4) is 0 Å². The van der Waals surface area contributed by atoms with Crippen LogP contribution in [0.3, 0.4) is 0 Å². The predicted molar refractivity (Wildman–Crippen MR) is 289 cm³/mol. The van der Waals surface area contributed by atoms with Crippen LogP contribution >= 0.6 is 47.0 Å². The van der Waals surface area contributed by atoms with E-state index in [1.54, 1.807) is 0 Å². The summed E-state index contributed by atoms with van der Waals surface area (Å²) in [4.78, 5) is 10.2. The van der Waals surface area contributed by atoms with Gasteiger partial charge in [-0.2, -0.15) is 16.8 Å². The van der Waals surface area contributed by atoms with Crippen LogP contribution in [0, 0.1) is 23.7 Å². The largest absolute Gasteiger partial charge is 0.290 e. The lowest BCUT2D eigenvalue weighted by atomic mass is 9.79. The van der Waals surface area contributed by atoms with Crippen LogP contribution in [0.25, 0.3) is 0 Å². The molecule has 4 aliphatic heterocycles. The molecule has 4 fully saturated rings. The normalized spacial score (nSPS) is 30.2. The van der Waals surface area contributed by atoms with Crippen molar-refractivity contribution in [1.29, 1.82) is 0 Å². The van der Waals surface area contributed by atoms with Gasteiger partial charge >= 0.3 is 0 Å². The zero-order valence-corrected chi connectivity index (χ0v) is 47.2. The van der Waals surface area contributed by atoms with Gasteiger partial charge in [0.15, 0.2) is 0 Å². The van der Waals surface area contributed by atoms with E-state index in [1.807, 2.05) is 23.5 Å². The van der Waals surface area contributed by atoms with Crippen molar-refractivity contribution in [1.82, 2.24) is 19.6 Å². The zero-order valence-electron chi connectivity index (χ0n) is 42.3. The Kier molecular flexibility index (Phi) is 23.2. The lowest BCUT2D eigenvalue weighted by Gasteiger charge is -2.32. The van der Waals surface area contributed by atoms with E-state index in [0.717, 1.165) is 49.2 Å². The van der Waals surface area contributed by atoms with E-state index in [0.29, 0.717) is 107 Å². The average Bonchev–Trinajstić information content (AvgIpc) is 4.03. The van der Waals surface area contributed by atoms with Crippen LogP contribution in [0.4, 0.5) is 0 Å².